The van der Waals surface area contributed by atoms with Crippen LogP contribution in [0.3, 0.4) is 0 Å². The monoisotopic (exact) mass is 471 g/mol. The van der Waals surface area contributed by atoms with Crippen molar-refractivity contribution in [3.8, 4) is 16.9 Å². The molecule has 10 heteroatoms. The molecule has 1 heterocycles. The number of guanidine groups is 1. The van der Waals surface area contributed by atoms with Crippen molar-refractivity contribution >= 4 is 17.8 Å². The summed E-state index contributed by atoms with van der Waals surface area (Å²) in [6.45, 7) is 0. The topological polar surface area (TPSA) is 85.0 Å². The van der Waals surface area contributed by atoms with E-state index in [4.69, 9.17) is 5.73 Å². The third-order valence-corrected chi connectivity index (χ3v) is 5.42. The predicted molar refractivity (Wildman–Crippen MR) is 115 cm³/mol. The molecule has 6 nitrogen and oxygen atoms in total. The van der Waals surface area contributed by atoms with Gasteiger partial charge < -0.3 is 10.5 Å². The molecule has 0 radical (unpaired) electrons. The molecule has 1 aliphatic heterocycles. The Hall–Kier alpha value is -4.21. The zero-order chi connectivity index (χ0) is 24.7. The van der Waals surface area contributed by atoms with Gasteiger partial charge in [0.05, 0.1) is 0 Å². The van der Waals surface area contributed by atoms with Gasteiger partial charge in [-0.15, -0.1) is 0 Å². The molecule has 4 rings (SSSR count). The van der Waals surface area contributed by atoms with E-state index in [1.54, 1.807) is 30.3 Å². The van der Waals surface area contributed by atoms with Gasteiger partial charge in [0.2, 0.25) is 0 Å². The molecular formula is C24H17F4N3O3. The highest BCUT2D eigenvalue weighted by Gasteiger charge is 2.53. The van der Waals surface area contributed by atoms with Crippen molar-refractivity contribution < 1.29 is 31.9 Å². The molecule has 0 fully saturated rings. The minimum absolute atomic E-state index is 0.137. The highest BCUT2D eigenvalue weighted by atomic mass is 19.4. The number of hydrogen-bond acceptors (Lipinski definition) is 5. The zero-order valence-electron chi connectivity index (χ0n) is 17.6. The SMILES string of the molecule is CN1C(=O)C(c2ccccc2OC(=O)C(F)(F)F)(c2cccc(-c3ccccc3)c2F)N=C1N. The lowest BCUT2D eigenvalue weighted by Crippen LogP contribution is -2.42. The Labute approximate surface area is 191 Å². The predicted octanol–water partition coefficient (Wildman–Crippen LogP) is 3.99. The van der Waals surface area contributed by atoms with Gasteiger partial charge in [-0.05, 0) is 11.6 Å². The molecule has 1 unspecified atom stereocenters. The van der Waals surface area contributed by atoms with Gasteiger partial charge in [0.15, 0.2) is 11.5 Å². The number of alkyl halides is 3. The van der Waals surface area contributed by atoms with Gasteiger partial charge in [0, 0.05) is 23.7 Å². The molecular weight excluding hydrogens is 454 g/mol. The van der Waals surface area contributed by atoms with Crippen molar-refractivity contribution in [3.63, 3.8) is 0 Å². The van der Waals surface area contributed by atoms with Gasteiger partial charge in [-0.25, -0.2) is 14.2 Å². The molecule has 1 aliphatic rings. The van der Waals surface area contributed by atoms with Gasteiger partial charge in [0.1, 0.15) is 11.6 Å². The minimum atomic E-state index is -5.29. The van der Waals surface area contributed by atoms with E-state index < -0.39 is 35.2 Å². The number of nitrogens with two attached hydrogens (primary N) is 1. The first-order chi connectivity index (χ1) is 16.1. The van der Waals surface area contributed by atoms with Crippen LogP contribution in [0.25, 0.3) is 11.1 Å². The second kappa shape index (κ2) is 8.29. The maximum absolute atomic E-state index is 16.0. The van der Waals surface area contributed by atoms with Gasteiger partial charge in [-0.2, -0.15) is 13.2 Å². The van der Waals surface area contributed by atoms with E-state index in [1.807, 2.05) is 0 Å². The van der Waals surface area contributed by atoms with Crippen LogP contribution in [0.5, 0.6) is 5.75 Å². The Balaban J connectivity index is 1.99. The molecule has 0 saturated heterocycles. The summed E-state index contributed by atoms with van der Waals surface area (Å²) >= 11 is 0. The van der Waals surface area contributed by atoms with Crippen LogP contribution < -0.4 is 10.5 Å². The highest BCUT2D eigenvalue weighted by Crippen LogP contribution is 2.45. The van der Waals surface area contributed by atoms with Crippen LogP contribution >= 0.6 is 0 Å². The number of nitrogens with zero attached hydrogens (tertiary/aromatic N) is 2. The second-order valence-electron chi connectivity index (χ2n) is 7.46. The van der Waals surface area contributed by atoms with E-state index in [0.29, 0.717) is 5.56 Å². The number of benzene rings is 3. The smallest absolute Gasteiger partial charge is 0.419 e. The van der Waals surface area contributed by atoms with Crippen molar-refractivity contribution in [2.45, 2.75) is 11.7 Å². The van der Waals surface area contributed by atoms with E-state index in [-0.39, 0.29) is 22.6 Å². The summed E-state index contributed by atoms with van der Waals surface area (Å²) in [5, 5.41) is 0. The average Bonchev–Trinajstić information content (AvgIpc) is 3.04. The lowest BCUT2D eigenvalue weighted by atomic mass is 9.80. The molecule has 0 bridgehead atoms. The van der Waals surface area contributed by atoms with Crippen LogP contribution in [0.4, 0.5) is 17.6 Å². The van der Waals surface area contributed by atoms with E-state index in [1.165, 1.54) is 43.4 Å². The Morgan fingerprint density at radius 2 is 1.59 bits per heavy atom. The fraction of sp³-hybridized carbons (Fsp3) is 0.125. The van der Waals surface area contributed by atoms with Gasteiger partial charge in [0.25, 0.3) is 5.91 Å². The summed E-state index contributed by atoms with van der Waals surface area (Å²) in [4.78, 5) is 30.2. The van der Waals surface area contributed by atoms with Crippen LogP contribution in [0.1, 0.15) is 11.1 Å². The van der Waals surface area contributed by atoms with Crippen molar-refractivity contribution in [2.24, 2.45) is 10.7 Å². The number of esters is 1. The summed E-state index contributed by atoms with van der Waals surface area (Å²) in [6, 6.07) is 17.8. The Kier molecular flexibility index (Phi) is 5.60. The summed E-state index contributed by atoms with van der Waals surface area (Å²) in [5.74, 6) is -5.04. The van der Waals surface area contributed by atoms with Crippen LogP contribution in [0.2, 0.25) is 0 Å². The highest BCUT2D eigenvalue weighted by molar-refractivity contribution is 6.09. The number of carbonyl (C=O) groups excluding carboxylic acids is 2. The molecule has 0 saturated carbocycles. The fourth-order valence-corrected chi connectivity index (χ4v) is 3.80. The van der Waals surface area contributed by atoms with E-state index in [0.717, 1.165) is 11.0 Å². The average molecular weight is 471 g/mol. The number of aliphatic imine (C=N–C) groups is 1. The van der Waals surface area contributed by atoms with Crippen LogP contribution in [0, 0.1) is 5.82 Å². The second-order valence-corrected chi connectivity index (χ2v) is 7.46. The number of ether oxygens (including phenoxy) is 1. The first kappa shape index (κ1) is 23.0. The molecule has 3 aromatic carbocycles. The summed E-state index contributed by atoms with van der Waals surface area (Å²) in [5.41, 5.74) is 3.77. The van der Waals surface area contributed by atoms with Crippen LogP contribution in [0.15, 0.2) is 77.8 Å². The van der Waals surface area contributed by atoms with Crippen LogP contribution in [-0.2, 0) is 15.1 Å². The van der Waals surface area contributed by atoms with Crippen LogP contribution in [-0.4, -0.2) is 36.0 Å². The van der Waals surface area contributed by atoms with Crippen molar-refractivity contribution in [2.75, 3.05) is 7.05 Å². The van der Waals surface area contributed by atoms with Gasteiger partial charge in [-0.3, -0.25) is 9.69 Å². The number of likely N-dealkylation sites (N-methyl/N-ethyl adjacent to an activating group) is 1. The largest absolute Gasteiger partial charge is 0.491 e. The van der Waals surface area contributed by atoms with E-state index in [9.17, 15) is 22.8 Å². The molecule has 1 atom stereocenters. The zero-order valence-corrected chi connectivity index (χ0v) is 17.6. The number of hydrogen-bond donors (Lipinski definition) is 1. The fourth-order valence-electron chi connectivity index (χ4n) is 3.80. The summed E-state index contributed by atoms with van der Waals surface area (Å²) in [6.07, 6.45) is -5.29. The Morgan fingerprint density at radius 1 is 0.971 bits per heavy atom. The first-order valence-electron chi connectivity index (χ1n) is 9.93. The Bertz CT molecular complexity index is 1310. The van der Waals surface area contributed by atoms with Gasteiger partial charge >= 0.3 is 12.1 Å². The lowest BCUT2D eigenvalue weighted by Gasteiger charge is -2.28. The summed E-state index contributed by atoms with van der Waals surface area (Å²) < 4.78 is 59.3. The minimum Gasteiger partial charge on any atom is -0.419 e. The maximum Gasteiger partial charge on any atom is 0.491 e. The summed E-state index contributed by atoms with van der Waals surface area (Å²) in [7, 11) is 1.30. The lowest BCUT2D eigenvalue weighted by molar-refractivity contribution is -0.189. The molecule has 0 aliphatic carbocycles. The number of para-hydroxylation sites is 1. The molecule has 34 heavy (non-hydrogen) atoms. The standard InChI is InChI=1S/C24H17F4N3O3/c1-31-20(32)23(30-22(31)29,16-11-5-6-13-18(16)34-21(33)24(26,27)28)17-12-7-10-15(19(17)25)14-8-3-2-4-9-14/h2-13H,1H3,(H2,29,30). The molecule has 2 N–H and O–H groups in total. The number of carbonyl (C=O) groups is 2. The third kappa shape index (κ3) is 3.66. The number of halogens is 4. The van der Waals surface area contributed by atoms with E-state index >= 15 is 4.39 Å². The third-order valence-electron chi connectivity index (χ3n) is 5.42. The first-order valence-corrected chi connectivity index (χ1v) is 9.93. The van der Waals surface area contributed by atoms with Crippen molar-refractivity contribution in [1.29, 1.82) is 0 Å². The maximum atomic E-state index is 16.0. The molecule has 1 amide bonds. The number of amides is 1. The molecule has 174 valence electrons. The van der Waals surface area contributed by atoms with Crippen molar-refractivity contribution in [1.82, 2.24) is 4.90 Å². The van der Waals surface area contributed by atoms with Crippen molar-refractivity contribution in [3.05, 3.63) is 89.7 Å². The Morgan fingerprint density at radius 3 is 2.21 bits per heavy atom. The molecule has 0 spiro atoms. The quantitative estimate of drug-likeness (QED) is 0.354. The van der Waals surface area contributed by atoms with Gasteiger partial charge in [-0.1, -0.05) is 66.7 Å². The molecule has 0 aromatic heterocycles. The van der Waals surface area contributed by atoms with E-state index in [2.05, 4.69) is 9.73 Å². The molecule has 3 aromatic rings. The number of rotatable bonds is 4. The normalized spacial score (nSPS) is 18.1.